The van der Waals surface area contributed by atoms with Gasteiger partial charge >= 0.3 is 5.97 Å². The van der Waals surface area contributed by atoms with Crippen LogP contribution in [-0.2, 0) is 6.54 Å². The van der Waals surface area contributed by atoms with Gasteiger partial charge in [0.1, 0.15) is 0 Å². The molecule has 0 atom stereocenters. The third-order valence-corrected chi connectivity index (χ3v) is 2.96. The highest BCUT2D eigenvalue weighted by Crippen LogP contribution is 2.24. The van der Waals surface area contributed by atoms with Crippen molar-refractivity contribution in [2.75, 3.05) is 0 Å². The van der Waals surface area contributed by atoms with E-state index in [9.17, 15) is 9.59 Å². The van der Waals surface area contributed by atoms with Gasteiger partial charge in [-0.25, -0.2) is 4.79 Å². The number of carboxylic acid groups (broad SMARTS) is 1. The molecule has 0 aliphatic carbocycles. The molecule has 1 N–H and O–H groups in total. The van der Waals surface area contributed by atoms with E-state index in [4.69, 9.17) is 5.11 Å². The summed E-state index contributed by atoms with van der Waals surface area (Å²) in [5.74, 6) is -0.967. The van der Waals surface area contributed by atoms with Crippen LogP contribution in [0.25, 0.3) is 10.9 Å². The molecule has 2 aromatic rings. The van der Waals surface area contributed by atoms with Crippen LogP contribution in [-0.4, -0.2) is 21.9 Å². The number of hydrogen-bond donors (Lipinski definition) is 1. The van der Waals surface area contributed by atoms with Crippen molar-refractivity contribution >= 4 is 23.2 Å². The molecular formula is C13H13NO3. The predicted molar refractivity (Wildman–Crippen MR) is 64.7 cm³/mol. The summed E-state index contributed by atoms with van der Waals surface area (Å²) in [7, 11) is 0. The minimum atomic E-state index is -0.967. The summed E-state index contributed by atoms with van der Waals surface area (Å²) in [4.78, 5) is 22.0. The van der Waals surface area contributed by atoms with E-state index in [2.05, 4.69) is 0 Å². The highest BCUT2D eigenvalue weighted by atomic mass is 16.4. The van der Waals surface area contributed by atoms with Gasteiger partial charge in [-0.3, -0.25) is 4.79 Å². The van der Waals surface area contributed by atoms with Crippen LogP contribution in [0, 0.1) is 6.92 Å². The third-order valence-electron chi connectivity index (χ3n) is 2.96. The van der Waals surface area contributed by atoms with Gasteiger partial charge in [-0.05, 0) is 31.5 Å². The Morgan fingerprint density at radius 1 is 1.47 bits per heavy atom. The number of aromatic nitrogens is 1. The van der Waals surface area contributed by atoms with Gasteiger partial charge in [0.15, 0.2) is 6.29 Å². The average Bonchev–Trinajstić information content (AvgIpc) is 2.64. The molecule has 0 bridgehead atoms. The van der Waals surface area contributed by atoms with Gasteiger partial charge in [-0.1, -0.05) is 0 Å². The minimum absolute atomic E-state index is 0.245. The largest absolute Gasteiger partial charge is 0.478 e. The lowest BCUT2D eigenvalue weighted by atomic mass is 10.0. The summed E-state index contributed by atoms with van der Waals surface area (Å²) in [6, 6.07) is 3.39. The molecule has 17 heavy (non-hydrogen) atoms. The van der Waals surface area contributed by atoms with Crippen LogP contribution in [0.3, 0.4) is 0 Å². The molecule has 4 nitrogen and oxygen atoms in total. The van der Waals surface area contributed by atoms with Crippen LogP contribution < -0.4 is 0 Å². The Morgan fingerprint density at radius 3 is 2.71 bits per heavy atom. The first-order valence-corrected chi connectivity index (χ1v) is 5.40. The molecule has 0 saturated carbocycles. The van der Waals surface area contributed by atoms with E-state index in [1.807, 2.05) is 17.6 Å². The van der Waals surface area contributed by atoms with E-state index in [1.54, 1.807) is 19.2 Å². The summed E-state index contributed by atoms with van der Waals surface area (Å²) in [6.45, 7) is 4.49. The zero-order chi connectivity index (χ0) is 12.6. The summed E-state index contributed by atoms with van der Waals surface area (Å²) >= 11 is 0. The van der Waals surface area contributed by atoms with Crippen molar-refractivity contribution in [2.45, 2.75) is 20.4 Å². The van der Waals surface area contributed by atoms with Gasteiger partial charge in [-0.15, -0.1) is 0 Å². The Labute approximate surface area is 98.5 Å². The number of carbonyl (C=O) groups is 2. The van der Waals surface area contributed by atoms with Crippen LogP contribution in [0.4, 0.5) is 0 Å². The van der Waals surface area contributed by atoms with Crippen LogP contribution >= 0.6 is 0 Å². The smallest absolute Gasteiger partial charge is 0.335 e. The fourth-order valence-electron chi connectivity index (χ4n) is 2.05. The van der Waals surface area contributed by atoms with Crippen molar-refractivity contribution in [3.8, 4) is 0 Å². The molecule has 0 unspecified atom stereocenters. The monoisotopic (exact) mass is 231 g/mol. The molecule has 88 valence electrons. The Morgan fingerprint density at radius 2 is 2.18 bits per heavy atom. The van der Waals surface area contributed by atoms with Gasteiger partial charge in [0.05, 0.1) is 5.56 Å². The summed E-state index contributed by atoms with van der Waals surface area (Å²) < 4.78 is 1.94. The van der Waals surface area contributed by atoms with Crippen molar-refractivity contribution in [1.29, 1.82) is 0 Å². The molecule has 0 aliphatic rings. The fraction of sp³-hybridized carbons (Fsp3) is 0.231. The number of nitrogens with zero attached hydrogens (tertiary/aromatic N) is 1. The molecule has 1 heterocycles. The van der Waals surface area contributed by atoms with E-state index in [-0.39, 0.29) is 5.56 Å². The molecule has 0 fully saturated rings. The molecule has 0 saturated heterocycles. The molecule has 2 rings (SSSR count). The number of carboxylic acids is 1. The molecule has 0 radical (unpaired) electrons. The Balaban J connectivity index is 2.84. The zero-order valence-electron chi connectivity index (χ0n) is 9.73. The topological polar surface area (TPSA) is 59.3 Å². The lowest BCUT2D eigenvalue weighted by Gasteiger charge is -2.04. The second-order valence-electron chi connectivity index (χ2n) is 3.98. The number of aryl methyl sites for hydroxylation is 2. The average molecular weight is 231 g/mol. The van der Waals surface area contributed by atoms with E-state index < -0.39 is 5.97 Å². The number of benzene rings is 1. The van der Waals surface area contributed by atoms with Gasteiger partial charge in [0.2, 0.25) is 0 Å². The Hall–Kier alpha value is -2.10. The highest BCUT2D eigenvalue weighted by molar-refractivity contribution is 6.02. The van der Waals surface area contributed by atoms with E-state index >= 15 is 0 Å². The molecule has 1 aromatic heterocycles. The van der Waals surface area contributed by atoms with Gasteiger partial charge in [0.25, 0.3) is 0 Å². The lowest BCUT2D eigenvalue weighted by Crippen LogP contribution is -2.00. The van der Waals surface area contributed by atoms with Crippen molar-refractivity contribution in [1.82, 2.24) is 4.57 Å². The van der Waals surface area contributed by atoms with Crippen molar-refractivity contribution in [2.24, 2.45) is 0 Å². The second-order valence-corrected chi connectivity index (χ2v) is 3.98. The molecule has 0 amide bonds. The lowest BCUT2D eigenvalue weighted by molar-refractivity contribution is 0.0696. The highest BCUT2D eigenvalue weighted by Gasteiger charge is 2.13. The molecule has 1 aromatic carbocycles. The fourth-order valence-corrected chi connectivity index (χ4v) is 2.05. The Bertz CT molecular complexity index is 611. The predicted octanol–water partition coefficient (Wildman–Crippen LogP) is 2.48. The standard InChI is InChI=1S/C13H13NO3/c1-3-14-6-9(7-15)11-5-10(13(16)17)8(2)4-12(11)14/h4-7H,3H2,1-2H3,(H,16,17). The molecular weight excluding hydrogens is 218 g/mol. The van der Waals surface area contributed by atoms with Crippen molar-refractivity contribution in [3.05, 3.63) is 35.0 Å². The number of fused-ring (bicyclic) bond motifs is 1. The van der Waals surface area contributed by atoms with E-state index in [0.29, 0.717) is 16.5 Å². The van der Waals surface area contributed by atoms with Gasteiger partial charge < -0.3 is 9.67 Å². The van der Waals surface area contributed by atoms with Crippen LogP contribution in [0.2, 0.25) is 0 Å². The third kappa shape index (κ3) is 1.71. The van der Waals surface area contributed by atoms with Crippen molar-refractivity contribution in [3.63, 3.8) is 0 Å². The zero-order valence-corrected chi connectivity index (χ0v) is 9.73. The van der Waals surface area contributed by atoms with Crippen LogP contribution in [0.5, 0.6) is 0 Å². The maximum absolute atomic E-state index is 11.0. The first kappa shape index (κ1) is 11.4. The van der Waals surface area contributed by atoms with Gasteiger partial charge in [0, 0.05) is 29.2 Å². The SMILES string of the molecule is CCn1cc(C=O)c2cc(C(=O)O)c(C)cc21. The van der Waals surface area contributed by atoms with Crippen LogP contribution in [0.15, 0.2) is 18.3 Å². The summed E-state index contributed by atoms with van der Waals surface area (Å²) in [6.07, 6.45) is 2.51. The summed E-state index contributed by atoms with van der Waals surface area (Å²) in [5, 5.41) is 9.76. The van der Waals surface area contributed by atoms with Crippen molar-refractivity contribution < 1.29 is 14.7 Å². The first-order chi connectivity index (χ1) is 8.08. The molecule has 0 spiro atoms. The minimum Gasteiger partial charge on any atom is -0.478 e. The summed E-state index contributed by atoms with van der Waals surface area (Å²) in [5.41, 5.74) is 2.38. The normalized spacial score (nSPS) is 10.7. The quantitative estimate of drug-likeness (QED) is 0.825. The van der Waals surface area contributed by atoms with E-state index in [1.165, 1.54) is 0 Å². The van der Waals surface area contributed by atoms with Gasteiger partial charge in [-0.2, -0.15) is 0 Å². The maximum atomic E-state index is 11.0. The maximum Gasteiger partial charge on any atom is 0.335 e. The second kappa shape index (κ2) is 4.05. The first-order valence-electron chi connectivity index (χ1n) is 5.40. The molecule has 4 heteroatoms. The Kier molecular flexibility index (Phi) is 2.71. The number of aldehydes is 1. The van der Waals surface area contributed by atoms with Crippen LogP contribution in [0.1, 0.15) is 33.2 Å². The number of aromatic carboxylic acids is 1. The number of rotatable bonds is 3. The number of hydrogen-bond acceptors (Lipinski definition) is 2. The number of carbonyl (C=O) groups excluding carboxylic acids is 1. The van der Waals surface area contributed by atoms with E-state index in [0.717, 1.165) is 18.3 Å². The molecule has 0 aliphatic heterocycles.